The number of aromatic nitrogens is 2. The first-order chi connectivity index (χ1) is 17.1. The molecular formula is C26H35BrN4O5. The fourth-order valence-electron chi connectivity index (χ4n) is 4.30. The van der Waals surface area contributed by atoms with Crippen LogP contribution in [0.25, 0.3) is 0 Å². The standard InChI is InChI=1S/C26H35BrN4O5/c1-26(2,3)36-25(34)28-15-17-10-12-18(13-11-17)23(32)29-19(14-16-8-6-5-7-9-16)22-30-20(21(27)31-22)24(33)35-4/h5-9,17-19H,10-15H2,1-4H3,(H,28,34)(H,29,32)(H,30,31)/t17-,18-,19-/m0/s1. The van der Waals surface area contributed by atoms with Crippen LogP contribution >= 0.6 is 15.9 Å². The van der Waals surface area contributed by atoms with Gasteiger partial charge in [0.15, 0.2) is 5.69 Å². The Labute approximate surface area is 220 Å². The minimum atomic E-state index is -0.538. The molecule has 1 heterocycles. The van der Waals surface area contributed by atoms with E-state index < -0.39 is 23.7 Å². The van der Waals surface area contributed by atoms with Gasteiger partial charge in [0.05, 0.1) is 13.2 Å². The van der Waals surface area contributed by atoms with Crippen LogP contribution in [-0.4, -0.2) is 47.2 Å². The van der Waals surface area contributed by atoms with E-state index in [0.717, 1.165) is 31.2 Å². The van der Waals surface area contributed by atoms with Gasteiger partial charge in [-0.1, -0.05) is 30.3 Å². The van der Waals surface area contributed by atoms with Gasteiger partial charge in [0.25, 0.3) is 0 Å². The lowest BCUT2D eigenvalue weighted by atomic mass is 9.81. The highest BCUT2D eigenvalue weighted by atomic mass is 79.9. The van der Waals surface area contributed by atoms with Gasteiger partial charge in [-0.15, -0.1) is 0 Å². The summed E-state index contributed by atoms with van der Waals surface area (Å²) in [5.41, 5.74) is 0.710. The van der Waals surface area contributed by atoms with Crippen molar-refractivity contribution in [1.82, 2.24) is 20.6 Å². The fourth-order valence-corrected chi connectivity index (χ4v) is 4.75. The maximum Gasteiger partial charge on any atom is 0.407 e. The molecule has 1 fully saturated rings. The van der Waals surface area contributed by atoms with Crippen LogP contribution in [0.2, 0.25) is 0 Å². The van der Waals surface area contributed by atoms with E-state index in [1.165, 1.54) is 7.11 Å². The number of carbonyl (C=O) groups excluding carboxylic acids is 3. The second kappa shape index (κ2) is 12.4. The smallest absolute Gasteiger partial charge is 0.407 e. The highest BCUT2D eigenvalue weighted by Crippen LogP contribution is 2.30. The summed E-state index contributed by atoms with van der Waals surface area (Å²) in [7, 11) is 1.30. The maximum atomic E-state index is 13.2. The topological polar surface area (TPSA) is 122 Å². The van der Waals surface area contributed by atoms with Gasteiger partial charge in [-0.05, 0) is 80.3 Å². The summed E-state index contributed by atoms with van der Waals surface area (Å²) < 4.78 is 10.5. The van der Waals surface area contributed by atoms with Crippen LogP contribution < -0.4 is 10.6 Å². The van der Waals surface area contributed by atoms with Gasteiger partial charge in [-0.3, -0.25) is 4.79 Å². The second-order valence-corrected chi connectivity index (χ2v) is 10.9. The lowest BCUT2D eigenvalue weighted by molar-refractivity contribution is -0.127. The van der Waals surface area contributed by atoms with Gasteiger partial charge in [-0.25, -0.2) is 14.6 Å². The largest absolute Gasteiger partial charge is 0.464 e. The van der Waals surface area contributed by atoms with Crippen molar-refractivity contribution in [2.45, 2.75) is 64.5 Å². The monoisotopic (exact) mass is 562 g/mol. The molecule has 0 bridgehead atoms. The number of ether oxygens (including phenoxy) is 2. The quantitative estimate of drug-likeness (QED) is 0.401. The zero-order valence-electron chi connectivity index (χ0n) is 21.2. The van der Waals surface area contributed by atoms with Gasteiger partial charge in [0, 0.05) is 12.5 Å². The van der Waals surface area contributed by atoms with E-state index in [9.17, 15) is 14.4 Å². The number of hydrogen-bond donors (Lipinski definition) is 3. The number of imidazole rings is 1. The summed E-state index contributed by atoms with van der Waals surface area (Å²) in [6.45, 7) is 6.04. The van der Waals surface area contributed by atoms with E-state index >= 15 is 0 Å². The average Bonchev–Trinajstić information content (AvgIpc) is 3.23. The zero-order chi connectivity index (χ0) is 26.3. The maximum absolute atomic E-state index is 13.2. The van der Waals surface area contributed by atoms with E-state index in [0.29, 0.717) is 29.3 Å². The van der Waals surface area contributed by atoms with Gasteiger partial charge in [0.1, 0.15) is 16.0 Å². The lowest BCUT2D eigenvalue weighted by Crippen LogP contribution is -2.39. The Morgan fingerprint density at radius 3 is 2.42 bits per heavy atom. The van der Waals surface area contributed by atoms with Gasteiger partial charge in [0.2, 0.25) is 5.91 Å². The number of rotatable bonds is 8. The Balaban J connectivity index is 1.61. The minimum absolute atomic E-state index is 0.0402. The molecule has 2 amide bonds. The number of methoxy groups -OCH3 is 1. The molecule has 196 valence electrons. The first-order valence-corrected chi connectivity index (χ1v) is 13.0. The molecule has 3 rings (SSSR count). The number of alkyl carbamates (subject to hydrolysis) is 1. The zero-order valence-corrected chi connectivity index (χ0v) is 22.8. The van der Waals surface area contributed by atoms with Crippen LogP contribution in [0.1, 0.15) is 74.4 Å². The molecule has 10 heteroatoms. The molecule has 1 aliphatic rings. The molecule has 0 saturated heterocycles. The number of amides is 2. The Hall–Kier alpha value is -2.88. The third-order valence-corrected chi connectivity index (χ3v) is 6.72. The molecule has 9 nitrogen and oxygen atoms in total. The molecule has 1 saturated carbocycles. The van der Waals surface area contributed by atoms with Crippen LogP contribution in [0, 0.1) is 11.8 Å². The molecule has 3 N–H and O–H groups in total. The molecule has 1 aromatic carbocycles. The summed E-state index contributed by atoms with van der Waals surface area (Å²) >= 11 is 3.31. The third kappa shape index (κ3) is 8.08. The summed E-state index contributed by atoms with van der Waals surface area (Å²) in [5.74, 6) is 0.0879. The Morgan fingerprint density at radius 2 is 1.81 bits per heavy atom. The molecule has 1 atom stereocenters. The number of halogens is 1. The summed E-state index contributed by atoms with van der Waals surface area (Å²) in [6, 6.07) is 9.35. The van der Waals surface area contributed by atoms with Crippen LogP contribution in [0.4, 0.5) is 4.79 Å². The molecule has 2 aromatic rings. The molecule has 1 aliphatic carbocycles. The number of nitrogens with zero attached hydrogens (tertiary/aromatic N) is 1. The molecule has 0 aliphatic heterocycles. The molecule has 0 unspecified atom stereocenters. The van der Waals surface area contributed by atoms with Crippen molar-refractivity contribution < 1.29 is 23.9 Å². The first kappa shape index (κ1) is 27.7. The van der Waals surface area contributed by atoms with Crippen molar-refractivity contribution >= 4 is 33.9 Å². The van der Waals surface area contributed by atoms with E-state index in [2.05, 4.69) is 36.5 Å². The van der Waals surface area contributed by atoms with Crippen LogP contribution in [0.3, 0.4) is 0 Å². The van der Waals surface area contributed by atoms with Crippen molar-refractivity contribution in [1.29, 1.82) is 0 Å². The predicted molar refractivity (Wildman–Crippen MR) is 138 cm³/mol. The van der Waals surface area contributed by atoms with E-state index in [-0.39, 0.29) is 17.5 Å². The number of carbonyl (C=O) groups is 3. The normalized spacial score (nSPS) is 18.7. The lowest BCUT2D eigenvalue weighted by Gasteiger charge is -2.29. The van der Waals surface area contributed by atoms with Gasteiger partial charge in [-0.2, -0.15) is 0 Å². The van der Waals surface area contributed by atoms with Crippen LogP contribution in [-0.2, 0) is 20.7 Å². The van der Waals surface area contributed by atoms with Crippen molar-refractivity contribution in [3.63, 3.8) is 0 Å². The van der Waals surface area contributed by atoms with E-state index in [1.54, 1.807) is 0 Å². The molecule has 36 heavy (non-hydrogen) atoms. The Kier molecular flexibility index (Phi) is 9.53. The predicted octanol–water partition coefficient (Wildman–Crippen LogP) is 4.69. The summed E-state index contributed by atoms with van der Waals surface area (Å²) in [6.07, 6.45) is 3.26. The van der Waals surface area contributed by atoms with Crippen molar-refractivity contribution in [2.75, 3.05) is 13.7 Å². The highest BCUT2D eigenvalue weighted by molar-refractivity contribution is 9.10. The number of H-pyrrole nitrogens is 1. The van der Waals surface area contributed by atoms with Crippen LogP contribution in [0.5, 0.6) is 0 Å². The Bertz CT molecular complexity index is 1040. The van der Waals surface area contributed by atoms with Gasteiger partial charge < -0.3 is 25.1 Å². The summed E-state index contributed by atoms with van der Waals surface area (Å²) in [4.78, 5) is 44.7. The van der Waals surface area contributed by atoms with Crippen molar-refractivity contribution in [3.8, 4) is 0 Å². The van der Waals surface area contributed by atoms with Crippen LogP contribution in [0.15, 0.2) is 34.9 Å². The number of esters is 1. The van der Waals surface area contributed by atoms with E-state index in [1.807, 2.05) is 51.1 Å². The van der Waals surface area contributed by atoms with Gasteiger partial charge >= 0.3 is 12.1 Å². The molecule has 1 aromatic heterocycles. The SMILES string of the molecule is COC(=O)c1[nH]c([C@H](Cc2ccccc2)NC(=O)[C@H]2CC[C@H](CNC(=O)OC(C)(C)C)CC2)nc1Br. The van der Waals surface area contributed by atoms with Crippen molar-refractivity contribution in [2.24, 2.45) is 11.8 Å². The second-order valence-electron chi connectivity index (χ2n) is 10.1. The third-order valence-electron chi connectivity index (χ3n) is 6.15. The fraction of sp³-hybridized carbons (Fsp3) is 0.538. The highest BCUT2D eigenvalue weighted by Gasteiger charge is 2.30. The Morgan fingerprint density at radius 1 is 1.14 bits per heavy atom. The number of aromatic amines is 1. The first-order valence-electron chi connectivity index (χ1n) is 12.2. The number of benzene rings is 1. The number of nitrogens with one attached hydrogen (secondary N) is 3. The molecular weight excluding hydrogens is 528 g/mol. The summed E-state index contributed by atoms with van der Waals surface area (Å²) in [5, 5.41) is 5.98. The molecule has 0 spiro atoms. The van der Waals surface area contributed by atoms with E-state index in [4.69, 9.17) is 9.47 Å². The average molecular weight is 563 g/mol. The molecule has 0 radical (unpaired) electrons. The minimum Gasteiger partial charge on any atom is -0.464 e. The van der Waals surface area contributed by atoms with Crippen molar-refractivity contribution in [3.05, 3.63) is 52.0 Å². The number of hydrogen-bond acceptors (Lipinski definition) is 6.